The first-order chi connectivity index (χ1) is 15.7. The quantitative estimate of drug-likeness (QED) is 0.397. The number of benzene rings is 2. The van der Waals surface area contributed by atoms with Gasteiger partial charge in [-0.15, -0.1) is 0 Å². The standard InChI is InChI=1S/C27H26N4O/c32-15-21-19-5-1-3-7-22(19)28-24(21)26-29-23-8-4-2-6-20(23)25(30-26)31-27-12-16-9-17(13-27)11-18(10-16)14-27/h1-8,15-18,28H,9-14H2,(H,29,30,31). The van der Waals surface area contributed by atoms with Gasteiger partial charge in [0.15, 0.2) is 12.1 Å². The molecule has 2 aromatic heterocycles. The SMILES string of the molecule is O=Cc1c(-c2nc(NC34CC5CC(CC(C5)C3)C4)c3ccccc3n2)[nH]c2ccccc12. The van der Waals surface area contributed by atoms with Gasteiger partial charge in [-0.3, -0.25) is 4.79 Å². The molecule has 5 heteroatoms. The van der Waals surface area contributed by atoms with E-state index < -0.39 is 0 Å². The smallest absolute Gasteiger partial charge is 0.179 e. The molecular weight excluding hydrogens is 396 g/mol. The molecule has 4 aliphatic rings. The molecule has 2 heterocycles. The number of aromatic nitrogens is 3. The first-order valence-corrected chi connectivity index (χ1v) is 11.8. The van der Waals surface area contributed by atoms with Crippen molar-refractivity contribution in [2.45, 2.75) is 44.1 Å². The van der Waals surface area contributed by atoms with E-state index in [1.54, 1.807) is 0 Å². The van der Waals surface area contributed by atoms with Crippen molar-refractivity contribution in [3.8, 4) is 11.5 Å². The number of anilines is 1. The predicted molar refractivity (Wildman–Crippen MR) is 127 cm³/mol. The number of nitrogens with zero attached hydrogens (tertiary/aromatic N) is 2. The molecule has 4 aromatic rings. The van der Waals surface area contributed by atoms with E-state index in [0.717, 1.165) is 51.7 Å². The van der Waals surface area contributed by atoms with Crippen LogP contribution in [0.4, 0.5) is 5.82 Å². The summed E-state index contributed by atoms with van der Waals surface area (Å²) in [7, 11) is 0. The third-order valence-corrected chi connectivity index (χ3v) is 8.11. The van der Waals surface area contributed by atoms with Crippen LogP contribution in [0.3, 0.4) is 0 Å². The molecule has 0 radical (unpaired) electrons. The molecule has 0 spiro atoms. The molecule has 0 saturated heterocycles. The normalized spacial score (nSPS) is 28.4. The lowest BCUT2D eigenvalue weighted by molar-refractivity contribution is 0.0106. The van der Waals surface area contributed by atoms with Gasteiger partial charge in [0.25, 0.3) is 0 Å². The fraction of sp³-hybridized carbons (Fsp3) is 0.370. The Kier molecular flexibility index (Phi) is 3.81. The molecule has 32 heavy (non-hydrogen) atoms. The summed E-state index contributed by atoms with van der Waals surface area (Å²) < 4.78 is 0. The van der Waals surface area contributed by atoms with Crippen LogP contribution in [0.25, 0.3) is 33.3 Å². The van der Waals surface area contributed by atoms with Crippen LogP contribution in [-0.4, -0.2) is 26.8 Å². The van der Waals surface area contributed by atoms with E-state index in [2.05, 4.69) is 22.4 Å². The number of carbonyl (C=O) groups is 1. The van der Waals surface area contributed by atoms with Crippen LogP contribution in [0.15, 0.2) is 48.5 Å². The molecule has 2 aromatic carbocycles. The molecule has 4 bridgehead atoms. The summed E-state index contributed by atoms with van der Waals surface area (Å²) in [6.45, 7) is 0. The molecule has 4 aliphatic carbocycles. The number of hydrogen-bond acceptors (Lipinski definition) is 4. The Labute approximate surface area is 186 Å². The molecule has 0 aliphatic heterocycles. The Balaban J connectivity index is 1.38. The molecule has 0 atom stereocenters. The first-order valence-electron chi connectivity index (χ1n) is 11.8. The number of H-pyrrole nitrogens is 1. The van der Waals surface area contributed by atoms with E-state index in [0.29, 0.717) is 17.1 Å². The van der Waals surface area contributed by atoms with E-state index >= 15 is 0 Å². The van der Waals surface area contributed by atoms with Crippen LogP contribution in [0.1, 0.15) is 48.9 Å². The van der Waals surface area contributed by atoms with Crippen LogP contribution < -0.4 is 5.32 Å². The van der Waals surface area contributed by atoms with Gasteiger partial charge in [0.2, 0.25) is 0 Å². The second kappa shape index (κ2) is 6.64. The highest BCUT2D eigenvalue weighted by molar-refractivity contribution is 6.04. The summed E-state index contributed by atoms with van der Waals surface area (Å²) in [5.74, 6) is 4.06. The monoisotopic (exact) mass is 422 g/mol. The van der Waals surface area contributed by atoms with Crippen molar-refractivity contribution in [2.24, 2.45) is 17.8 Å². The molecule has 5 nitrogen and oxygen atoms in total. The number of nitrogens with one attached hydrogen (secondary N) is 2. The van der Waals surface area contributed by atoms with Gasteiger partial charge in [-0.1, -0.05) is 30.3 Å². The largest absolute Gasteiger partial charge is 0.364 e. The Hall–Kier alpha value is -3.21. The van der Waals surface area contributed by atoms with Crippen molar-refractivity contribution < 1.29 is 4.79 Å². The minimum atomic E-state index is 0.150. The Morgan fingerprint density at radius 2 is 1.53 bits per heavy atom. The third kappa shape index (κ3) is 2.73. The van der Waals surface area contributed by atoms with E-state index in [-0.39, 0.29) is 5.54 Å². The molecular formula is C27H26N4O. The summed E-state index contributed by atoms with van der Waals surface area (Å²) in [5.41, 5.74) is 3.30. The van der Waals surface area contributed by atoms with Gasteiger partial charge in [-0.25, -0.2) is 9.97 Å². The number of aromatic amines is 1. The average Bonchev–Trinajstić information content (AvgIpc) is 3.16. The van der Waals surface area contributed by atoms with Crippen LogP contribution in [0.5, 0.6) is 0 Å². The summed E-state index contributed by atoms with van der Waals surface area (Å²) in [4.78, 5) is 25.3. The van der Waals surface area contributed by atoms with E-state index in [1.807, 2.05) is 36.4 Å². The molecule has 0 amide bonds. The maximum absolute atomic E-state index is 12.0. The lowest BCUT2D eigenvalue weighted by Crippen LogP contribution is -2.54. The number of rotatable bonds is 4. The van der Waals surface area contributed by atoms with Crippen molar-refractivity contribution in [3.05, 3.63) is 54.1 Å². The summed E-state index contributed by atoms with van der Waals surface area (Å²) in [6.07, 6.45) is 8.90. The number of carbonyl (C=O) groups excluding carboxylic acids is 1. The second-order valence-corrected chi connectivity index (χ2v) is 10.3. The lowest BCUT2D eigenvalue weighted by atomic mass is 9.53. The number of aldehydes is 1. The average molecular weight is 423 g/mol. The van der Waals surface area contributed by atoms with Gasteiger partial charge < -0.3 is 10.3 Å². The van der Waals surface area contributed by atoms with Crippen LogP contribution in [0.2, 0.25) is 0 Å². The Morgan fingerprint density at radius 1 is 0.875 bits per heavy atom. The number of fused-ring (bicyclic) bond motifs is 2. The van der Waals surface area contributed by atoms with Gasteiger partial charge >= 0.3 is 0 Å². The van der Waals surface area contributed by atoms with Gasteiger partial charge in [-0.05, 0) is 74.5 Å². The summed E-state index contributed by atoms with van der Waals surface area (Å²) in [5, 5.41) is 5.92. The second-order valence-electron chi connectivity index (χ2n) is 10.3. The van der Waals surface area contributed by atoms with Gasteiger partial charge in [0.05, 0.1) is 16.8 Å². The molecule has 4 fully saturated rings. The van der Waals surface area contributed by atoms with Crippen LogP contribution in [-0.2, 0) is 0 Å². The third-order valence-electron chi connectivity index (χ3n) is 8.11. The topological polar surface area (TPSA) is 70.7 Å². The maximum Gasteiger partial charge on any atom is 0.179 e. The predicted octanol–water partition coefficient (Wildman–Crippen LogP) is 5.97. The van der Waals surface area contributed by atoms with Crippen molar-refractivity contribution in [1.29, 1.82) is 0 Å². The van der Waals surface area contributed by atoms with Crippen LogP contribution in [0, 0.1) is 17.8 Å². The lowest BCUT2D eigenvalue weighted by Gasteiger charge is -2.57. The zero-order valence-electron chi connectivity index (χ0n) is 18.0. The van der Waals surface area contributed by atoms with Crippen molar-refractivity contribution in [1.82, 2.24) is 15.0 Å². The molecule has 2 N–H and O–H groups in total. The number of para-hydroxylation sites is 2. The van der Waals surface area contributed by atoms with Crippen molar-refractivity contribution in [3.63, 3.8) is 0 Å². The minimum absolute atomic E-state index is 0.150. The zero-order valence-corrected chi connectivity index (χ0v) is 18.0. The molecule has 0 unspecified atom stereocenters. The van der Waals surface area contributed by atoms with Gasteiger partial charge in [0.1, 0.15) is 5.82 Å². The highest BCUT2D eigenvalue weighted by atomic mass is 16.1. The Morgan fingerprint density at radius 3 is 2.25 bits per heavy atom. The minimum Gasteiger partial charge on any atom is -0.364 e. The van der Waals surface area contributed by atoms with Crippen molar-refractivity contribution >= 4 is 33.9 Å². The van der Waals surface area contributed by atoms with Gasteiger partial charge in [-0.2, -0.15) is 0 Å². The Bertz CT molecular complexity index is 1340. The highest BCUT2D eigenvalue weighted by Crippen LogP contribution is 2.56. The van der Waals surface area contributed by atoms with E-state index in [1.165, 1.54) is 38.5 Å². The molecule has 4 saturated carbocycles. The van der Waals surface area contributed by atoms with E-state index in [4.69, 9.17) is 9.97 Å². The molecule has 8 rings (SSSR count). The van der Waals surface area contributed by atoms with Crippen LogP contribution >= 0.6 is 0 Å². The highest BCUT2D eigenvalue weighted by Gasteiger charge is 2.51. The molecule has 160 valence electrons. The zero-order chi connectivity index (χ0) is 21.3. The fourth-order valence-corrected chi connectivity index (χ4v) is 7.26. The van der Waals surface area contributed by atoms with E-state index in [9.17, 15) is 4.79 Å². The van der Waals surface area contributed by atoms with Gasteiger partial charge in [0, 0.05) is 21.8 Å². The van der Waals surface area contributed by atoms with Crippen molar-refractivity contribution in [2.75, 3.05) is 5.32 Å². The fourth-order valence-electron chi connectivity index (χ4n) is 7.26. The summed E-state index contributed by atoms with van der Waals surface area (Å²) in [6, 6.07) is 16.1. The maximum atomic E-state index is 12.0. The summed E-state index contributed by atoms with van der Waals surface area (Å²) >= 11 is 0. The number of hydrogen-bond donors (Lipinski definition) is 2. The first kappa shape index (κ1) is 18.4.